The zero-order valence-corrected chi connectivity index (χ0v) is 16.1. The van der Waals surface area contributed by atoms with Gasteiger partial charge in [-0.25, -0.2) is 4.68 Å². The second-order valence-electron chi connectivity index (χ2n) is 6.59. The van der Waals surface area contributed by atoms with Crippen molar-refractivity contribution in [2.24, 2.45) is 0 Å². The molecule has 160 valence electrons. The Bertz CT molecular complexity index is 1200. The third-order valence-electron chi connectivity index (χ3n) is 4.42. The average molecular weight is 430 g/mol. The van der Waals surface area contributed by atoms with E-state index < -0.39 is 11.7 Å². The largest absolute Gasteiger partial charge is 0.471 e. The number of halogens is 3. The van der Waals surface area contributed by atoms with Crippen LogP contribution in [-0.4, -0.2) is 36.8 Å². The number of hydrogen-bond donors (Lipinski definition) is 1. The Kier molecular flexibility index (Phi) is 5.56. The molecule has 4 aromatic rings. The Morgan fingerprint density at radius 1 is 1.06 bits per heavy atom. The molecule has 0 spiro atoms. The van der Waals surface area contributed by atoms with Crippen molar-refractivity contribution in [1.29, 1.82) is 0 Å². The Hall–Kier alpha value is -3.89. The lowest BCUT2D eigenvalue weighted by molar-refractivity contribution is -0.137. The average Bonchev–Trinajstić information content (AvgIpc) is 3.39. The second-order valence-corrected chi connectivity index (χ2v) is 6.59. The molecule has 0 unspecified atom stereocenters. The summed E-state index contributed by atoms with van der Waals surface area (Å²) in [6.07, 6.45) is -0.613. The highest BCUT2D eigenvalue weighted by atomic mass is 19.4. The summed E-state index contributed by atoms with van der Waals surface area (Å²) in [5, 5.41) is 15.0. The van der Waals surface area contributed by atoms with E-state index in [0.29, 0.717) is 13.0 Å². The van der Waals surface area contributed by atoms with Crippen LogP contribution in [0.25, 0.3) is 5.65 Å². The summed E-state index contributed by atoms with van der Waals surface area (Å²) in [5.41, 5.74) is 0.0908. The van der Waals surface area contributed by atoms with E-state index in [1.807, 2.05) is 28.8 Å². The van der Waals surface area contributed by atoms with Crippen molar-refractivity contribution in [3.05, 3.63) is 78.0 Å². The molecule has 3 heterocycles. The summed E-state index contributed by atoms with van der Waals surface area (Å²) in [5.74, 6) is 0.388. The minimum atomic E-state index is -4.45. The molecule has 0 aliphatic rings. The van der Waals surface area contributed by atoms with E-state index >= 15 is 0 Å². The first-order valence-corrected chi connectivity index (χ1v) is 9.30. The minimum absolute atomic E-state index is 0.0526. The maximum Gasteiger partial charge on any atom is 0.416 e. The summed E-state index contributed by atoms with van der Waals surface area (Å²) < 4.78 is 46.8. The number of carbonyl (C=O) groups is 1. The smallest absolute Gasteiger partial charge is 0.416 e. The predicted molar refractivity (Wildman–Crippen MR) is 103 cm³/mol. The molecule has 1 N–H and O–H groups in total. The number of benzene rings is 1. The van der Waals surface area contributed by atoms with E-state index in [0.717, 1.165) is 23.6 Å². The van der Waals surface area contributed by atoms with Gasteiger partial charge in [-0.3, -0.25) is 9.20 Å². The van der Waals surface area contributed by atoms with Gasteiger partial charge in [-0.1, -0.05) is 12.1 Å². The van der Waals surface area contributed by atoms with Crippen LogP contribution in [0.2, 0.25) is 0 Å². The summed E-state index contributed by atoms with van der Waals surface area (Å²) in [6, 6.07) is 11.6. The van der Waals surface area contributed by atoms with Crippen LogP contribution in [0.4, 0.5) is 13.2 Å². The van der Waals surface area contributed by atoms with Crippen LogP contribution in [0.1, 0.15) is 21.9 Å². The first-order chi connectivity index (χ1) is 14.9. The summed E-state index contributed by atoms with van der Waals surface area (Å²) in [7, 11) is 0. The molecule has 1 aromatic carbocycles. The Labute approximate surface area is 174 Å². The van der Waals surface area contributed by atoms with Gasteiger partial charge in [0.05, 0.1) is 5.56 Å². The SMILES string of the molecule is O=C(NCCc1nnc2ccccn12)c1ccn(COc2cccc(C(F)(F)F)c2)n1. The van der Waals surface area contributed by atoms with Crippen molar-refractivity contribution >= 4 is 11.6 Å². The Morgan fingerprint density at radius 3 is 2.77 bits per heavy atom. The number of amides is 1. The number of carbonyl (C=O) groups excluding carboxylic acids is 1. The van der Waals surface area contributed by atoms with Gasteiger partial charge in [0.25, 0.3) is 5.91 Å². The fourth-order valence-electron chi connectivity index (χ4n) is 2.90. The van der Waals surface area contributed by atoms with Crippen molar-refractivity contribution in [1.82, 2.24) is 29.7 Å². The van der Waals surface area contributed by atoms with Crippen LogP contribution in [0.15, 0.2) is 60.9 Å². The topological polar surface area (TPSA) is 86.3 Å². The highest BCUT2D eigenvalue weighted by molar-refractivity contribution is 5.92. The highest BCUT2D eigenvalue weighted by Gasteiger charge is 2.30. The standard InChI is InChI=1S/C20H17F3N6O2/c21-20(22,23)14-4-3-5-15(12-14)31-13-28-11-8-16(27-28)19(30)24-9-7-18-26-25-17-6-1-2-10-29(17)18/h1-6,8,10-12H,7,9,13H2,(H,24,30). The van der Waals surface area contributed by atoms with E-state index in [2.05, 4.69) is 20.6 Å². The molecule has 0 atom stereocenters. The first-order valence-electron chi connectivity index (χ1n) is 9.30. The molecule has 4 rings (SSSR count). The van der Waals surface area contributed by atoms with Gasteiger partial charge < -0.3 is 10.1 Å². The summed E-state index contributed by atoms with van der Waals surface area (Å²) in [6.45, 7) is 0.197. The van der Waals surface area contributed by atoms with Crippen molar-refractivity contribution < 1.29 is 22.7 Å². The van der Waals surface area contributed by atoms with Gasteiger partial charge in [0.2, 0.25) is 0 Å². The van der Waals surface area contributed by atoms with Gasteiger partial charge >= 0.3 is 6.18 Å². The maximum absolute atomic E-state index is 12.8. The zero-order valence-electron chi connectivity index (χ0n) is 16.1. The molecule has 0 fully saturated rings. The van der Waals surface area contributed by atoms with Gasteiger partial charge in [0.15, 0.2) is 12.4 Å². The summed E-state index contributed by atoms with van der Waals surface area (Å²) in [4.78, 5) is 12.3. The third kappa shape index (κ3) is 4.82. The van der Waals surface area contributed by atoms with E-state index in [1.165, 1.54) is 29.1 Å². The van der Waals surface area contributed by atoms with Crippen LogP contribution in [-0.2, 0) is 19.3 Å². The molecule has 31 heavy (non-hydrogen) atoms. The van der Waals surface area contributed by atoms with Gasteiger partial charge in [-0.2, -0.15) is 18.3 Å². The number of pyridine rings is 1. The normalized spacial score (nSPS) is 11.6. The number of ether oxygens (including phenoxy) is 1. The number of nitrogens with zero attached hydrogens (tertiary/aromatic N) is 5. The zero-order chi connectivity index (χ0) is 21.8. The van der Waals surface area contributed by atoms with Crippen LogP contribution in [0.3, 0.4) is 0 Å². The lowest BCUT2D eigenvalue weighted by atomic mass is 10.2. The molecule has 8 nitrogen and oxygen atoms in total. The molecular formula is C20H17F3N6O2. The van der Waals surface area contributed by atoms with E-state index in [1.54, 1.807) is 0 Å². The van der Waals surface area contributed by atoms with Crippen molar-refractivity contribution in [2.45, 2.75) is 19.3 Å². The van der Waals surface area contributed by atoms with Crippen molar-refractivity contribution in [2.75, 3.05) is 6.54 Å². The van der Waals surface area contributed by atoms with Crippen LogP contribution < -0.4 is 10.1 Å². The minimum Gasteiger partial charge on any atom is -0.471 e. The quantitative estimate of drug-likeness (QED) is 0.487. The molecular weight excluding hydrogens is 413 g/mol. The third-order valence-corrected chi connectivity index (χ3v) is 4.42. The van der Waals surface area contributed by atoms with Crippen molar-refractivity contribution in [3.8, 4) is 5.75 Å². The molecule has 0 radical (unpaired) electrons. The number of aromatic nitrogens is 5. The van der Waals surface area contributed by atoms with Crippen LogP contribution in [0.5, 0.6) is 5.75 Å². The summed E-state index contributed by atoms with van der Waals surface area (Å²) >= 11 is 0. The van der Waals surface area contributed by atoms with E-state index in [-0.39, 0.29) is 24.1 Å². The first kappa shape index (κ1) is 20.4. The van der Waals surface area contributed by atoms with Gasteiger partial charge in [-0.15, -0.1) is 10.2 Å². The Balaban J connectivity index is 1.29. The van der Waals surface area contributed by atoms with Gasteiger partial charge in [0, 0.05) is 25.4 Å². The lowest BCUT2D eigenvalue weighted by Crippen LogP contribution is -2.26. The lowest BCUT2D eigenvalue weighted by Gasteiger charge is -2.10. The molecule has 1 amide bonds. The molecule has 0 bridgehead atoms. The highest BCUT2D eigenvalue weighted by Crippen LogP contribution is 2.31. The molecule has 0 aliphatic heterocycles. The molecule has 0 saturated heterocycles. The number of nitrogens with one attached hydrogen (secondary N) is 1. The molecule has 11 heteroatoms. The number of alkyl halides is 3. The monoisotopic (exact) mass is 430 g/mol. The molecule has 0 saturated carbocycles. The van der Waals surface area contributed by atoms with Gasteiger partial charge in [0.1, 0.15) is 17.3 Å². The predicted octanol–water partition coefficient (Wildman–Crippen LogP) is 2.95. The van der Waals surface area contributed by atoms with E-state index in [4.69, 9.17) is 4.74 Å². The molecule has 0 aliphatic carbocycles. The number of fused-ring (bicyclic) bond motifs is 1. The fourth-order valence-corrected chi connectivity index (χ4v) is 2.90. The fraction of sp³-hybridized carbons (Fsp3) is 0.200. The number of rotatable bonds is 7. The number of hydrogen-bond acceptors (Lipinski definition) is 5. The van der Waals surface area contributed by atoms with E-state index in [9.17, 15) is 18.0 Å². The maximum atomic E-state index is 12.8. The van der Waals surface area contributed by atoms with Crippen molar-refractivity contribution in [3.63, 3.8) is 0 Å². The second kappa shape index (κ2) is 8.46. The molecule has 3 aromatic heterocycles. The van der Waals surface area contributed by atoms with Crippen LogP contribution >= 0.6 is 0 Å². The Morgan fingerprint density at radius 2 is 1.94 bits per heavy atom. The van der Waals surface area contributed by atoms with Crippen LogP contribution in [0, 0.1) is 0 Å². The van der Waals surface area contributed by atoms with Gasteiger partial charge in [-0.05, 0) is 36.4 Å².